The van der Waals surface area contributed by atoms with E-state index in [2.05, 4.69) is 9.72 Å². The van der Waals surface area contributed by atoms with Crippen LogP contribution in [0.5, 0.6) is 0 Å². The van der Waals surface area contributed by atoms with E-state index in [1.54, 1.807) is 24.4 Å². The van der Waals surface area contributed by atoms with E-state index in [0.29, 0.717) is 5.15 Å². The maximum atomic E-state index is 10.7. The molecule has 0 aromatic carbocycles. The number of hydrogen-bond acceptors (Lipinski definition) is 3. The van der Waals surface area contributed by atoms with Crippen molar-refractivity contribution in [3.05, 3.63) is 35.1 Å². The van der Waals surface area contributed by atoms with Gasteiger partial charge in [0.2, 0.25) is 0 Å². The highest BCUT2D eigenvalue weighted by Gasteiger charge is 1.92. The van der Waals surface area contributed by atoms with E-state index >= 15 is 0 Å². The highest BCUT2D eigenvalue weighted by atomic mass is 35.5. The Hall–Kier alpha value is -1.35. The summed E-state index contributed by atoms with van der Waals surface area (Å²) in [5.74, 6) is -0.394. The molecule has 68 valence electrons. The van der Waals surface area contributed by atoms with E-state index in [9.17, 15) is 4.79 Å². The number of methoxy groups -OCH3 is 1. The van der Waals surface area contributed by atoms with Crippen LogP contribution in [0.15, 0.2) is 24.4 Å². The van der Waals surface area contributed by atoms with Gasteiger partial charge in [0, 0.05) is 12.3 Å². The second-order valence-corrected chi connectivity index (χ2v) is 2.66. The lowest BCUT2D eigenvalue weighted by Crippen LogP contribution is -1.93. The molecule has 1 aromatic heterocycles. The predicted octanol–water partition coefficient (Wildman–Crippen LogP) is 1.92. The van der Waals surface area contributed by atoms with E-state index in [0.717, 1.165) is 5.56 Å². The highest BCUT2D eigenvalue weighted by Crippen LogP contribution is 2.06. The Morgan fingerprint density at radius 1 is 1.62 bits per heavy atom. The first kappa shape index (κ1) is 9.74. The minimum absolute atomic E-state index is 0.394. The van der Waals surface area contributed by atoms with Crippen LogP contribution in [0.25, 0.3) is 6.08 Å². The molecule has 13 heavy (non-hydrogen) atoms. The van der Waals surface area contributed by atoms with Crippen molar-refractivity contribution < 1.29 is 9.53 Å². The predicted molar refractivity (Wildman–Crippen MR) is 50.3 cm³/mol. The summed E-state index contributed by atoms with van der Waals surface area (Å²) < 4.78 is 4.42. The van der Waals surface area contributed by atoms with Crippen LogP contribution >= 0.6 is 11.6 Å². The molecule has 3 nitrogen and oxygen atoms in total. The molecular weight excluding hydrogens is 190 g/mol. The van der Waals surface area contributed by atoms with Gasteiger partial charge in [-0.25, -0.2) is 9.78 Å². The molecule has 0 aliphatic heterocycles. The van der Waals surface area contributed by atoms with Crippen molar-refractivity contribution in [1.29, 1.82) is 0 Å². The second kappa shape index (κ2) is 4.62. The molecule has 0 spiro atoms. The van der Waals surface area contributed by atoms with Gasteiger partial charge in [0.05, 0.1) is 7.11 Å². The van der Waals surface area contributed by atoms with E-state index in [1.165, 1.54) is 13.2 Å². The van der Waals surface area contributed by atoms with Crippen LogP contribution < -0.4 is 0 Å². The number of nitrogens with zero attached hydrogens (tertiary/aromatic N) is 1. The van der Waals surface area contributed by atoms with Gasteiger partial charge in [-0.05, 0) is 17.7 Å². The van der Waals surface area contributed by atoms with Crippen LogP contribution in [0.2, 0.25) is 5.15 Å². The fraction of sp³-hybridized carbons (Fsp3) is 0.111. The van der Waals surface area contributed by atoms with Gasteiger partial charge < -0.3 is 4.74 Å². The Morgan fingerprint density at radius 2 is 2.38 bits per heavy atom. The van der Waals surface area contributed by atoms with Gasteiger partial charge in [-0.1, -0.05) is 17.7 Å². The number of halogens is 1. The van der Waals surface area contributed by atoms with Crippen LogP contribution in [0.1, 0.15) is 5.56 Å². The number of carbonyl (C=O) groups is 1. The van der Waals surface area contributed by atoms with Crippen LogP contribution in [0.3, 0.4) is 0 Å². The molecular formula is C9H8ClNO2. The second-order valence-electron chi connectivity index (χ2n) is 2.27. The molecule has 1 rings (SSSR count). The molecule has 0 saturated carbocycles. The van der Waals surface area contributed by atoms with Crippen molar-refractivity contribution >= 4 is 23.6 Å². The van der Waals surface area contributed by atoms with E-state index in [-0.39, 0.29) is 0 Å². The number of pyridine rings is 1. The average molecular weight is 198 g/mol. The summed E-state index contributed by atoms with van der Waals surface area (Å²) in [6, 6.07) is 3.41. The number of rotatable bonds is 2. The van der Waals surface area contributed by atoms with Crippen molar-refractivity contribution in [1.82, 2.24) is 4.98 Å². The fourth-order valence-corrected chi connectivity index (χ4v) is 0.830. The molecule has 4 heteroatoms. The lowest BCUT2D eigenvalue weighted by Gasteiger charge is -1.92. The van der Waals surface area contributed by atoms with Gasteiger partial charge >= 0.3 is 5.97 Å². The first-order chi connectivity index (χ1) is 6.22. The molecule has 0 saturated heterocycles. The molecule has 0 fully saturated rings. The quantitative estimate of drug-likeness (QED) is 0.413. The Kier molecular flexibility index (Phi) is 3.46. The van der Waals surface area contributed by atoms with E-state index < -0.39 is 5.97 Å². The third kappa shape index (κ3) is 3.25. The van der Waals surface area contributed by atoms with Crippen LogP contribution in [-0.4, -0.2) is 18.1 Å². The van der Waals surface area contributed by atoms with E-state index in [4.69, 9.17) is 11.6 Å². The molecule has 0 aliphatic rings. The largest absolute Gasteiger partial charge is 0.466 e. The standard InChI is InChI=1S/C9H8ClNO2/c1-13-9(12)5-3-7-2-4-8(10)11-6-7/h2-6H,1H3/b5-3+. The monoisotopic (exact) mass is 197 g/mol. The van der Waals surface area contributed by atoms with Crippen LogP contribution in [-0.2, 0) is 9.53 Å². The molecule has 0 amide bonds. The first-order valence-electron chi connectivity index (χ1n) is 3.60. The Bertz CT molecular complexity index is 319. The number of aromatic nitrogens is 1. The van der Waals surface area contributed by atoms with Gasteiger partial charge in [0.1, 0.15) is 5.15 Å². The fourth-order valence-electron chi connectivity index (χ4n) is 0.718. The molecule has 0 atom stereocenters. The lowest BCUT2D eigenvalue weighted by atomic mass is 10.2. The van der Waals surface area contributed by atoms with Gasteiger partial charge in [0.15, 0.2) is 0 Å². The molecule has 0 unspecified atom stereocenters. The zero-order chi connectivity index (χ0) is 9.68. The summed E-state index contributed by atoms with van der Waals surface area (Å²) in [4.78, 5) is 14.5. The smallest absolute Gasteiger partial charge is 0.330 e. The topological polar surface area (TPSA) is 39.2 Å². The van der Waals surface area contributed by atoms with Crippen molar-refractivity contribution in [2.45, 2.75) is 0 Å². The van der Waals surface area contributed by atoms with Crippen molar-refractivity contribution in [2.75, 3.05) is 7.11 Å². The van der Waals surface area contributed by atoms with Gasteiger partial charge in [0.25, 0.3) is 0 Å². The van der Waals surface area contributed by atoms with Crippen LogP contribution in [0, 0.1) is 0 Å². The Labute approximate surface area is 81.0 Å². The maximum absolute atomic E-state index is 10.7. The summed E-state index contributed by atoms with van der Waals surface area (Å²) in [6.07, 6.45) is 4.50. The summed E-state index contributed by atoms with van der Waals surface area (Å²) in [7, 11) is 1.33. The summed E-state index contributed by atoms with van der Waals surface area (Å²) >= 11 is 5.57. The lowest BCUT2D eigenvalue weighted by molar-refractivity contribution is -0.134. The molecule has 0 aliphatic carbocycles. The Balaban J connectivity index is 2.69. The van der Waals surface area contributed by atoms with Crippen molar-refractivity contribution in [3.63, 3.8) is 0 Å². The first-order valence-corrected chi connectivity index (χ1v) is 3.98. The third-order valence-corrected chi connectivity index (χ3v) is 1.59. The minimum Gasteiger partial charge on any atom is -0.466 e. The number of ether oxygens (including phenoxy) is 1. The Morgan fingerprint density at radius 3 is 2.92 bits per heavy atom. The zero-order valence-electron chi connectivity index (χ0n) is 7.03. The zero-order valence-corrected chi connectivity index (χ0v) is 7.78. The van der Waals surface area contributed by atoms with Gasteiger partial charge in [-0.3, -0.25) is 0 Å². The summed E-state index contributed by atoms with van der Waals surface area (Å²) in [5, 5.41) is 0.426. The van der Waals surface area contributed by atoms with Crippen LogP contribution in [0.4, 0.5) is 0 Å². The summed E-state index contributed by atoms with van der Waals surface area (Å²) in [5.41, 5.74) is 0.801. The highest BCUT2D eigenvalue weighted by molar-refractivity contribution is 6.29. The average Bonchev–Trinajstić information content (AvgIpc) is 2.16. The van der Waals surface area contributed by atoms with Crippen molar-refractivity contribution in [2.24, 2.45) is 0 Å². The molecule has 1 heterocycles. The maximum Gasteiger partial charge on any atom is 0.330 e. The number of hydrogen-bond donors (Lipinski definition) is 0. The SMILES string of the molecule is COC(=O)/C=C/c1ccc(Cl)nc1. The van der Waals surface area contributed by atoms with Gasteiger partial charge in [-0.15, -0.1) is 0 Å². The molecule has 0 N–H and O–H groups in total. The number of esters is 1. The van der Waals surface area contributed by atoms with Gasteiger partial charge in [-0.2, -0.15) is 0 Å². The third-order valence-electron chi connectivity index (χ3n) is 1.36. The van der Waals surface area contributed by atoms with E-state index in [1.807, 2.05) is 0 Å². The molecule has 0 bridgehead atoms. The minimum atomic E-state index is -0.394. The normalized spacial score (nSPS) is 10.3. The van der Waals surface area contributed by atoms with Crippen molar-refractivity contribution in [3.8, 4) is 0 Å². The summed E-state index contributed by atoms with van der Waals surface area (Å²) in [6.45, 7) is 0. The number of carbonyl (C=O) groups excluding carboxylic acids is 1. The molecule has 1 aromatic rings. The molecule has 0 radical (unpaired) electrons.